The summed E-state index contributed by atoms with van der Waals surface area (Å²) in [7, 11) is -4.63. The van der Waals surface area contributed by atoms with Crippen LogP contribution in [-0.4, -0.2) is 19.1 Å². The van der Waals surface area contributed by atoms with E-state index in [1.165, 1.54) is 89.5 Å². The normalized spacial score (nSPS) is 12.5. The Hall–Kier alpha value is 0.610. The molecule has 0 rings (SSSR count). The molecule has 0 aromatic rings. The largest absolute Gasteiger partial charge is 1.00 e. The van der Waals surface area contributed by atoms with E-state index in [-0.39, 0.29) is 29.6 Å². The van der Waals surface area contributed by atoms with Crippen molar-refractivity contribution in [2.24, 2.45) is 0 Å². The minimum atomic E-state index is -4.63. The van der Waals surface area contributed by atoms with Crippen molar-refractivity contribution >= 4 is 10.4 Å². The average molecular weight is 413 g/mol. The van der Waals surface area contributed by atoms with Crippen LogP contribution < -0.4 is 29.6 Å². The van der Waals surface area contributed by atoms with Crippen LogP contribution in [-0.2, 0) is 14.6 Å². The first-order valence-electron chi connectivity index (χ1n) is 10.8. The molecule has 0 aliphatic heterocycles. The molecule has 0 heterocycles. The molecular formula is C21H41NaO4S. The summed E-state index contributed by atoms with van der Waals surface area (Å²) >= 11 is 0. The Bertz CT molecular complexity index is 412. The average Bonchev–Trinajstić information content (AvgIpc) is 2.59. The molecular weight excluding hydrogens is 371 g/mol. The molecule has 0 saturated heterocycles. The monoisotopic (exact) mass is 412 g/mol. The zero-order chi connectivity index (χ0) is 19.5. The Labute approximate surface area is 191 Å². The smallest absolute Gasteiger partial charge is 0.726 e. The van der Waals surface area contributed by atoms with Crippen molar-refractivity contribution in [3.8, 4) is 0 Å². The summed E-state index contributed by atoms with van der Waals surface area (Å²) in [6.45, 7) is 5.77. The van der Waals surface area contributed by atoms with Crippen LogP contribution in [0, 0.1) is 0 Å². The number of rotatable bonds is 20. The molecule has 0 N–H and O–H groups in total. The second-order valence-corrected chi connectivity index (χ2v) is 8.38. The Morgan fingerprint density at radius 3 is 1.41 bits per heavy atom. The van der Waals surface area contributed by atoms with E-state index in [2.05, 4.69) is 17.7 Å². The van der Waals surface area contributed by atoms with E-state index in [0.717, 1.165) is 19.3 Å². The zero-order valence-corrected chi connectivity index (χ0v) is 20.7. The van der Waals surface area contributed by atoms with Gasteiger partial charge in [-0.1, -0.05) is 116 Å². The van der Waals surface area contributed by atoms with Gasteiger partial charge in [-0.2, -0.15) is 0 Å². The van der Waals surface area contributed by atoms with Gasteiger partial charge in [0, 0.05) is 0 Å². The second kappa shape index (κ2) is 21.3. The van der Waals surface area contributed by atoms with Crippen LogP contribution >= 0.6 is 0 Å². The van der Waals surface area contributed by atoms with E-state index in [0.29, 0.717) is 6.42 Å². The van der Waals surface area contributed by atoms with Gasteiger partial charge in [-0.25, -0.2) is 8.42 Å². The molecule has 0 bridgehead atoms. The maximum absolute atomic E-state index is 10.5. The van der Waals surface area contributed by atoms with E-state index in [1.807, 2.05) is 0 Å². The SMILES string of the molecule is C=CC(CCCCCCCCCCCCCCCCCC)OS(=O)(=O)[O-].[Na+]. The summed E-state index contributed by atoms with van der Waals surface area (Å²) in [5.74, 6) is 0. The van der Waals surface area contributed by atoms with Crippen LogP contribution in [0.15, 0.2) is 12.7 Å². The third-order valence-corrected chi connectivity index (χ3v) is 5.33. The molecule has 156 valence electrons. The third-order valence-electron chi connectivity index (χ3n) is 4.85. The minimum absolute atomic E-state index is 0. The van der Waals surface area contributed by atoms with Gasteiger partial charge in [0.1, 0.15) is 0 Å². The topological polar surface area (TPSA) is 66.4 Å². The van der Waals surface area contributed by atoms with Crippen LogP contribution in [0.25, 0.3) is 0 Å². The number of hydrogen-bond donors (Lipinski definition) is 0. The molecule has 0 aliphatic rings. The fraction of sp³-hybridized carbons (Fsp3) is 0.905. The Balaban J connectivity index is 0. The summed E-state index contributed by atoms with van der Waals surface area (Å²) in [5.41, 5.74) is 0. The van der Waals surface area contributed by atoms with Gasteiger partial charge in [-0.05, 0) is 6.42 Å². The maximum Gasteiger partial charge on any atom is 1.00 e. The quantitative estimate of drug-likeness (QED) is 0.101. The molecule has 0 fully saturated rings. The van der Waals surface area contributed by atoms with Crippen molar-refractivity contribution in [3.63, 3.8) is 0 Å². The zero-order valence-electron chi connectivity index (χ0n) is 17.9. The summed E-state index contributed by atoms with van der Waals surface area (Å²) in [6.07, 6.45) is 22.1. The maximum atomic E-state index is 10.5. The molecule has 0 spiro atoms. The van der Waals surface area contributed by atoms with Gasteiger partial charge in [0.15, 0.2) is 0 Å². The first-order valence-corrected chi connectivity index (χ1v) is 12.1. The van der Waals surface area contributed by atoms with Crippen LogP contribution in [0.5, 0.6) is 0 Å². The molecule has 0 saturated carbocycles. The summed E-state index contributed by atoms with van der Waals surface area (Å²) < 4.78 is 36.1. The summed E-state index contributed by atoms with van der Waals surface area (Å²) in [6, 6.07) is 0. The van der Waals surface area contributed by atoms with E-state index in [4.69, 9.17) is 0 Å². The van der Waals surface area contributed by atoms with Crippen LogP contribution in [0.4, 0.5) is 0 Å². The van der Waals surface area contributed by atoms with Gasteiger partial charge in [-0.3, -0.25) is 4.18 Å². The first kappa shape index (κ1) is 29.8. The molecule has 27 heavy (non-hydrogen) atoms. The van der Waals surface area contributed by atoms with Crippen LogP contribution in [0.2, 0.25) is 0 Å². The predicted molar refractivity (Wildman–Crippen MR) is 109 cm³/mol. The van der Waals surface area contributed by atoms with Gasteiger partial charge in [0.25, 0.3) is 0 Å². The van der Waals surface area contributed by atoms with Crippen molar-refractivity contribution in [1.29, 1.82) is 0 Å². The summed E-state index contributed by atoms with van der Waals surface area (Å²) in [5, 5.41) is 0. The Morgan fingerprint density at radius 2 is 1.11 bits per heavy atom. The van der Waals surface area contributed by atoms with E-state index in [9.17, 15) is 13.0 Å². The van der Waals surface area contributed by atoms with Gasteiger partial charge >= 0.3 is 29.6 Å². The van der Waals surface area contributed by atoms with Crippen molar-refractivity contribution in [2.75, 3.05) is 0 Å². The molecule has 1 unspecified atom stereocenters. The van der Waals surface area contributed by atoms with Gasteiger partial charge in [-0.15, -0.1) is 6.58 Å². The molecule has 4 nitrogen and oxygen atoms in total. The van der Waals surface area contributed by atoms with Gasteiger partial charge in [0.05, 0.1) is 6.10 Å². The Kier molecular flexibility index (Phi) is 23.5. The van der Waals surface area contributed by atoms with E-state index < -0.39 is 16.5 Å². The van der Waals surface area contributed by atoms with Crippen LogP contribution in [0.1, 0.15) is 116 Å². The molecule has 0 aromatic carbocycles. The van der Waals surface area contributed by atoms with Gasteiger partial charge in [0.2, 0.25) is 10.4 Å². The third kappa shape index (κ3) is 24.6. The second-order valence-electron chi connectivity index (χ2n) is 7.37. The molecule has 1 atom stereocenters. The molecule has 0 amide bonds. The molecule has 0 aliphatic carbocycles. The molecule has 0 aromatic heterocycles. The van der Waals surface area contributed by atoms with Crippen molar-refractivity contribution in [1.82, 2.24) is 0 Å². The predicted octanol–water partition coefficient (Wildman–Crippen LogP) is 3.67. The Morgan fingerprint density at radius 1 is 0.778 bits per heavy atom. The first-order chi connectivity index (χ1) is 12.5. The molecule has 0 radical (unpaired) electrons. The van der Waals surface area contributed by atoms with Crippen LogP contribution in [0.3, 0.4) is 0 Å². The van der Waals surface area contributed by atoms with Crippen molar-refractivity contribution in [2.45, 2.75) is 122 Å². The van der Waals surface area contributed by atoms with Crippen molar-refractivity contribution < 1.29 is 46.7 Å². The fourth-order valence-electron chi connectivity index (χ4n) is 3.25. The number of hydrogen-bond acceptors (Lipinski definition) is 4. The fourth-order valence-corrected chi connectivity index (χ4v) is 3.73. The van der Waals surface area contributed by atoms with Crippen molar-refractivity contribution in [3.05, 3.63) is 12.7 Å². The standard InChI is InChI=1S/C21H42O4S.Na/c1-3-5-6-7-8-9-10-11-12-13-14-15-16-17-18-19-20-21(4-2)25-26(22,23)24;/h4,21H,2-3,5-20H2,1H3,(H,22,23,24);/q;+1/p-1. The van der Waals surface area contributed by atoms with E-state index in [1.54, 1.807) is 0 Å². The minimum Gasteiger partial charge on any atom is -0.726 e. The van der Waals surface area contributed by atoms with E-state index >= 15 is 0 Å². The van der Waals surface area contributed by atoms with Gasteiger partial charge < -0.3 is 4.55 Å². The number of unbranched alkanes of at least 4 members (excludes halogenated alkanes) is 15. The molecule has 6 heteroatoms. The summed E-state index contributed by atoms with van der Waals surface area (Å²) in [4.78, 5) is 0.